The van der Waals surface area contributed by atoms with Crippen molar-refractivity contribution < 1.29 is 5.11 Å². The van der Waals surface area contributed by atoms with Gasteiger partial charge in [-0.15, -0.1) is 0 Å². The van der Waals surface area contributed by atoms with Crippen molar-refractivity contribution >= 4 is 31.4 Å². The summed E-state index contributed by atoms with van der Waals surface area (Å²) in [5.74, 6) is 4.22. The summed E-state index contributed by atoms with van der Waals surface area (Å²) in [5, 5.41) is 13.3. The molecule has 2 aliphatic rings. The molecular weight excluding hydrogens is 427 g/mol. The minimum atomic E-state index is -0.217. The van der Waals surface area contributed by atoms with E-state index in [2.05, 4.69) is 66.0 Å². The molecule has 1 N–H and O–H groups in total. The highest BCUT2D eigenvalue weighted by molar-refractivity contribution is 8.03. The van der Waals surface area contributed by atoms with Gasteiger partial charge < -0.3 is 5.11 Å². The molecule has 1 saturated heterocycles. The second-order valence-corrected chi connectivity index (χ2v) is 14.5. The Kier molecular flexibility index (Phi) is 13.0. The molecule has 4 heteroatoms. The maximum absolute atomic E-state index is 11.6. The van der Waals surface area contributed by atoms with Crippen LogP contribution in [0.25, 0.3) is 0 Å². The lowest BCUT2D eigenvalue weighted by molar-refractivity contribution is -0.0441. The number of rotatable bonds is 6. The largest absolute Gasteiger partial charge is 0.393 e. The molecule has 0 bridgehead atoms. The van der Waals surface area contributed by atoms with E-state index in [4.69, 9.17) is 0 Å². The van der Waals surface area contributed by atoms with Gasteiger partial charge in [-0.3, -0.25) is 0 Å². The van der Waals surface area contributed by atoms with Gasteiger partial charge in [-0.05, 0) is 79.0 Å². The standard InChI is InChI=1S/C28H55BOS2/c1-6-22-15-13-16-23(27(4,7-2)26(30)28(5,29)8-3)17-14-20-31-24-18-11-9-10-12-19-25(24)32-21-22/h22-26,30H,6-21,29H2,1-5H3. The lowest BCUT2D eigenvalue weighted by Crippen LogP contribution is -2.45. The highest BCUT2D eigenvalue weighted by Gasteiger charge is 2.44. The van der Waals surface area contributed by atoms with Crippen LogP contribution in [0.5, 0.6) is 0 Å². The molecule has 0 radical (unpaired) electrons. The van der Waals surface area contributed by atoms with E-state index in [1.165, 1.54) is 88.6 Å². The van der Waals surface area contributed by atoms with Gasteiger partial charge in [-0.1, -0.05) is 79.6 Å². The van der Waals surface area contributed by atoms with Gasteiger partial charge in [0.15, 0.2) is 0 Å². The van der Waals surface area contributed by atoms with E-state index in [1.54, 1.807) is 0 Å². The molecule has 2 fully saturated rings. The molecule has 0 spiro atoms. The molecule has 0 aromatic carbocycles. The van der Waals surface area contributed by atoms with E-state index >= 15 is 0 Å². The summed E-state index contributed by atoms with van der Waals surface area (Å²) >= 11 is 4.66. The van der Waals surface area contributed by atoms with Crippen LogP contribution in [0.1, 0.15) is 125 Å². The van der Waals surface area contributed by atoms with Crippen LogP contribution in [0.4, 0.5) is 0 Å². The Labute approximate surface area is 211 Å². The zero-order chi connectivity index (χ0) is 23.6. The average molecular weight is 483 g/mol. The Bertz CT molecular complexity index is 514. The van der Waals surface area contributed by atoms with Gasteiger partial charge in [-0.2, -0.15) is 23.5 Å². The fraction of sp³-hybridized carbons (Fsp3) is 1.00. The van der Waals surface area contributed by atoms with E-state index in [1.807, 2.05) is 0 Å². The van der Waals surface area contributed by atoms with Crippen molar-refractivity contribution in [3.63, 3.8) is 0 Å². The molecule has 1 saturated carbocycles. The third-order valence-corrected chi connectivity index (χ3v) is 12.8. The van der Waals surface area contributed by atoms with E-state index in [-0.39, 0.29) is 16.8 Å². The zero-order valence-corrected chi connectivity index (χ0v) is 24.1. The van der Waals surface area contributed by atoms with Crippen molar-refractivity contribution in [3.8, 4) is 0 Å². The van der Waals surface area contributed by atoms with E-state index < -0.39 is 0 Å². The van der Waals surface area contributed by atoms with Crippen LogP contribution in [-0.2, 0) is 0 Å². The molecule has 1 aliphatic carbocycles. The third kappa shape index (κ3) is 8.15. The van der Waals surface area contributed by atoms with Crippen LogP contribution in [-0.4, -0.2) is 41.1 Å². The monoisotopic (exact) mass is 482 g/mol. The molecule has 7 unspecified atom stereocenters. The van der Waals surface area contributed by atoms with Crippen LogP contribution in [0, 0.1) is 17.3 Å². The number of aliphatic hydroxyl groups is 1. The summed E-state index contributed by atoms with van der Waals surface area (Å²) in [7, 11) is 2.28. The first kappa shape index (κ1) is 29.0. The quantitative estimate of drug-likeness (QED) is 0.386. The highest BCUT2D eigenvalue weighted by Crippen LogP contribution is 2.49. The average Bonchev–Trinajstić information content (AvgIpc) is 2.79. The van der Waals surface area contributed by atoms with Gasteiger partial charge in [0.25, 0.3) is 0 Å². The first-order valence-corrected chi connectivity index (χ1v) is 16.3. The van der Waals surface area contributed by atoms with Crippen molar-refractivity contribution in [3.05, 3.63) is 0 Å². The molecule has 2 rings (SSSR count). The number of hydrogen-bond donors (Lipinski definition) is 1. The first-order valence-electron chi connectivity index (χ1n) is 14.2. The van der Waals surface area contributed by atoms with Gasteiger partial charge in [0.1, 0.15) is 7.85 Å². The van der Waals surface area contributed by atoms with Gasteiger partial charge in [0.05, 0.1) is 6.10 Å². The zero-order valence-electron chi connectivity index (χ0n) is 22.5. The first-order chi connectivity index (χ1) is 15.3. The van der Waals surface area contributed by atoms with Crippen molar-refractivity contribution in [2.45, 2.75) is 146 Å². The van der Waals surface area contributed by atoms with E-state index in [0.717, 1.165) is 29.3 Å². The predicted molar refractivity (Wildman–Crippen MR) is 152 cm³/mol. The van der Waals surface area contributed by atoms with Crippen LogP contribution in [0.3, 0.4) is 0 Å². The topological polar surface area (TPSA) is 20.2 Å². The molecule has 188 valence electrons. The molecule has 0 aromatic heterocycles. The minimum Gasteiger partial charge on any atom is -0.393 e. The molecule has 0 amide bonds. The van der Waals surface area contributed by atoms with Gasteiger partial charge in [-0.25, -0.2) is 0 Å². The fourth-order valence-corrected chi connectivity index (χ4v) is 9.67. The van der Waals surface area contributed by atoms with Gasteiger partial charge >= 0.3 is 0 Å². The number of thioether (sulfide) groups is 2. The molecule has 1 nitrogen and oxygen atoms in total. The Morgan fingerprint density at radius 2 is 1.44 bits per heavy atom. The maximum Gasteiger partial charge on any atom is 0.112 e. The SMILES string of the molecule is BC(C)(CC)C(O)C(C)(CC)C1CCCSC2CCCCCCC2SCC(CC)CCC1. The van der Waals surface area contributed by atoms with Crippen LogP contribution < -0.4 is 0 Å². The maximum atomic E-state index is 11.6. The normalized spacial score (nSPS) is 34.2. The Morgan fingerprint density at radius 1 is 0.812 bits per heavy atom. The number of hydrogen-bond acceptors (Lipinski definition) is 3. The van der Waals surface area contributed by atoms with Gasteiger partial charge in [0, 0.05) is 10.5 Å². The predicted octanol–water partition coefficient (Wildman–Crippen LogP) is 8.15. The second kappa shape index (κ2) is 14.3. The lowest BCUT2D eigenvalue weighted by atomic mass is 9.53. The summed E-state index contributed by atoms with van der Waals surface area (Å²) in [6.45, 7) is 11.7. The molecule has 1 heterocycles. The highest BCUT2D eigenvalue weighted by atomic mass is 32.2. The summed E-state index contributed by atoms with van der Waals surface area (Å²) in [5.41, 5.74) is 0.0313. The van der Waals surface area contributed by atoms with E-state index in [9.17, 15) is 5.11 Å². The van der Waals surface area contributed by atoms with Gasteiger partial charge in [0.2, 0.25) is 0 Å². The molecule has 1 aliphatic heterocycles. The Hall–Kier alpha value is 0.725. The van der Waals surface area contributed by atoms with Crippen LogP contribution >= 0.6 is 23.5 Å². The summed E-state index contributed by atoms with van der Waals surface area (Å²) in [6.07, 6.45) is 18.6. The smallest absolute Gasteiger partial charge is 0.112 e. The number of aliphatic hydroxyl groups excluding tert-OH is 1. The van der Waals surface area contributed by atoms with Crippen molar-refractivity contribution in [1.29, 1.82) is 0 Å². The van der Waals surface area contributed by atoms with Crippen LogP contribution in [0.15, 0.2) is 0 Å². The Morgan fingerprint density at radius 3 is 2.03 bits per heavy atom. The third-order valence-electron chi connectivity index (χ3n) is 9.43. The number of fused-ring (bicyclic) bond motifs is 1. The van der Waals surface area contributed by atoms with Crippen molar-refractivity contribution in [1.82, 2.24) is 0 Å². The molecular formula is C28H55BOS2. The fourth-order valence-electron chi connectivity index (χ4n) is 6.28. The molecule has 0 aromatic rings. The van der Waals surface area contributed by atoms with E-state index in [0.29, 0.717) is 5.92 Å². The Balaban J connectivity index is 2.16. The van der Waals surface area contributed by atoms with Crippen LogP contribution in [0.2, 0.25) is 5.31 Å². The summed E-state index contributed by atoms with van der Waals surface area (Å²) in [4.78, 5) is 0. The minimum absolute atomic E-state index is 0.00461. The summed E-state index contributed by atoms with van der Waals surface area (Å²) < 4.78 is 0. The summed E-state index contributed by atoms with van der Waals surface area (Å²) in [6, 6.07) is 0. The lowest BCUT2D eigenvalue weighted by Gasteiger charge is -2.48. The second-order valence-electron chi connectivity index (χ2n) is 11.9. The molecule has 7 atom stereocenters. The van der Waals surface area contributed by atoms with Crippen molar-refractivity contribution in [2.24, 2.45) is 17.3 Å². The van der Waals surface area contributed by atoms with Crippen molar-refractivity contribution in [2.75, 3.05) is 11.5 Å². The molecule has 32 heavy (non-hydrogen) atoms.